The first-order valence-corrected chi connectivity index (χ1v) is 7.67. The summed E-state index contributed by atoms with van der Waals surface area (Å²) in [5.41, 5.74) is 8.50. The number of hydrogen-bond acceptors (Lipinski definition) is 3. The van der Waals surface area contributed by atoms with E-state index in [1.807, 2.05) is 0 Å². The molecule has 1 aliphatic rings. The Bertz CT molecular complexity index is 402. The predicted octanol–water partition coefficient (Wildman–Crippen LogP) is 2.15. The first-order chi connectivity index (χ1) is 8.65. The van der Waals surface area contributed by atoms with Gasteiger partial charge in [0.25, 0.3) is 0 Å². The Kier molecular flexibility index (Phi) is 4.81. The van der Waals surface area contributed by atoms with E-state index >= 15 is 0 Å². The minimum absolute atomic E-state index is 0.334. The van der Waals surface area contributed by atoms with Crippen LogP contribution in [0.5, 0.6) is 0 Å². The molecule has 102 valence electrons. The average molecular weight is 315 g/mol. The van der Waals surface area contributed by atoms with Crippen molar-refractivity contribution in [2.75, 3.05) is 13.1 Å². The Balaban J connectivity index is 2.14. The lowest BCUT2D eigenvalue weighted by atomic mass is 10.1. The molecule has 0 radical (unpaired) electrons. The molecule has 5 heteroatoms. The lowest BCUT2D eigenvalue weighted by Crippen LogP contribution is -2.42. The number of halogens is 1. The molecular formula is C13H23BrN4. The quantitative estimate of drug-likeness (QED) is 0.926. The third kappa shape index (κ3) is 2.95. The smallest absolute Gasteiger partial charge is 0.0767 e. The van der Waals surface area contributed by atoms with Gasteiger partial charge in [-0.2, -0.15) is 5.10 Å². The molecule has 2 rings (SSSR count). The zero-order valence-corrected chi connectivity index (χ0v) is 12.9. The van der Waals surface area contributed by atoms with Gasteiger partial charge >= 0.3 is 0 Å². The molecule has 0 aromatic carbocycles. The number of rotatable bonds is 4. The first-order valence-electron chi connectivity index (χ1n) is 6.87. The summed E-state index contributed by atoms with van der Waals surface area (Å²) < 4.78 is 3.30. The van der Waals surface area contributed by atoms with Crippen molar-refractivity contribution in [3.8, 4) is 0 Å². The second kappa shape index (κ2) is 6.17. The lowest BCUT2D eigenvalue weighted by Gasteiger charge is -2.30. The van der Waals surface area contributed by atoms with Crippen LogP contribution in [-0.4, -0.2) is 33.8 Å². The topological polar surface area (TPSA) is 47.1 Å². The van der Waals surface area contributed by atoms with Crippen LogP contribution in [0.15, 0.2) is 4.47 Å². The van der Waals surface area contributed by atoms with E-state index in [2.05, 4.69) is 44.5 Å². The number of hydrogen-bond donors (Lipinski definition) is 1. The highest BCUT2D eigenvalue weighted by Gasteiger charge is 2.21. The van der Waals surface area contributed by atoms with Crippen LogP contribution in [0.1, 0.15) is 38.1 Å². The van der Waals surface area contributed by atoms with Crippen LogP contribution in [0.4, 0.5) is 0 Å². The summed E-state index contributed by atoms with van der Waals surface area (Å²) >= 11 is 3.70. The van der Waals surface area contributed by atoms with Crippen LogP contribution in [0.25, 0.3) is 0 Å². The van der Waals surface area contributed by atoms with Crippen LogP contribution in [0, 0.1) is 0 Å². The fourth-order valence-corrected chi connectivity index (χ4v) is 3.30. The molecule has 0 aliphatic carbocycles. The van der Waals surface area contributed by atoms with Gasteiger partial charge in [0.05, 0.1) is 15.9 Å². The lowest BCUT2D eigenvalue weighted by molar-refractivity contribution is 0.196. The van der Waals surface area contributed by atoms with Gasteiger partial charge in [-0.3, -0.25) is 9.58 Å². The molecule has 1 aromatic rings. The second-order valence-corrected chi connectivity index (χ2v) is 5.81. The van der Waals surface area contributed by atoms with Crippen LogP contribution in [0.3, 0.4) is 0 Å². The predicted molar refractivity (Wildman–Crippen MR) is 77.5 cm³/mol. The van der Waals surface area contributed by atoms with Crippen molar-refractivity contribution in [2.24, 2.45) is 5.73 Å². The highest BCUT2D eigenvalue weighted by Crippen LogP contribution is 2.24. The van der Waals surface area contributed by atoms with Gasteiger partial charge in [-0.05, 0) is 48.7 Å². The molecule has 0 spiro atoms. The Labute approximate surface area is 118 Å². The normalized spacial score (nSPS) is 21.4. The average Bonchev–Trinajstić information content (AvgIpc) is 2.66. The number of nitrogens with zero attached hydrogens (tertiary/aromatic N) is 3. The molecule has 1 aromatic heterocycles. The molecular weight excluding hydrogens is 292 g/mol. The molecule has 1 atom stereocenters. The van der Waals surface area contributed by atoms with Crippen molar-refractivity contribution >= 4 is 15.9 Å². The molecule has 0 saturated carbocycles. The molecule has 2 heterocycles. The maximum atomic E-state index is 6.04. The van der Waals surface area contributed by atoms with E-state index < -0.39 is 0 Å². The molecule has 0 amide bonds. The van der Waals surface area contributed by atoms with E-state index in [-0.39, 0.29) is 0 Å². The first kappa shape index (κ1) is 14.0. The molecule has 1 aliphatic heterocycles. The monoisotopic (exact) mass is 314 g/mol. The van der Waals surface area contributed by atoms with Crippen molar-refractivity contribution in [1.82, 2.24) is 14.7 Å². The van der Waals surface area contributed by atoms with Gasteiger partial charge in [0, 0.05) is 25.7 Å². The molecule has 1 fully saturated rings. The summed E-state index contributed by atoms with van der Waals surface area (Å²) in [6.07, 6.45) is 3.34. The highest BCUT2D eigenvalue weighted by atomic mass is 79.9. The fourth-order valence-electron chi connectivity index (χ4n) is 2.62. The third-order valence-corrected chi connectivity index (χ3v) is 4.52. The van der Waals surface area contributed by atoms with Gasteiger partial charge in [0.2, 0.25) is 0 Å². The van der Waals surface area contributed by atoms with E-state index in [1.165, 1.54) is 16.6 Å². The summed E-state index contributed by atoms with van der Waals surface area (Å²) in [5.74, 6) is 0. The Morgan fingerprint density at radius 2 is 2.22 bits per heavy atom. The summed E-state index contributed by atoms with van der Waals surface area (Å²) in [7, 11) is 0. The van der Waals surface area contributed by atoms with Crippen LogP contribution >= 0.6 is 15.9 Å². The summed E-state index contributed by atoms with van der Waals surface area (Å²) in [4.78, 5) is 2.45. The maximum absolute atomic E-state index is 6.04. The number of likely N-dealkylation sites (tertiary alicyclic amines) is 1. The zero-order valence-electron chi connectivity index (χ0n) is 11.3. The van der Waals surface area contributed by atoms with Gasteiger partial charge < -0.3 is 5.73 Å². The van der Waals surface area contributed by atoms with Crippen LogP contribution in [0.2, 0.25) is 0 Å². The highest BCUT2D eigenvalue weighted by molar-refractivity contribution is 9.10. The van der Waals surface area contributed by atoms with Crippen molar-refractivity contribution in [3.63, 3.8) is 0 Å². The largest absolute Gasteiger partial charge is 0.327 e. The van der Waals surface area contributed by atoms with Gasteiger partial charge in [-0.15, -0.1) is 0 Å². The van der Waals surface area contributed by atoms with E-state index in [0.717, 1.165) is 44.7 Å². The molecule has 0 unspecified atom stereocenters. The summed E-state index contributed by atoms with van der Waals surface area (Å²) in [6, 6.07) is 0.334. The van der Waals surface area contributed by atoms with Crippen molar-refractivity contribution in [2.45, 2.75) is 52.2 Å². The minimum atomic E-state index is 0.334. The molecule has 2 N–H and O–H groups in total. The molecule has 0 bridgehead atoms. The van der Waals surface area contributed by atoms with E-state index in [0.29, 0.717) is 6.04 Å². The van der Waals surface area contributed by atoms with Gasteiger partial charge in [-0.25, -0.2) is 0 Å². The SMILES string of the molecule is CCc1nn(CC)c(CN2CCC[C@@H](N)C2)c1Br. The zero-order chi connectivity index (χ0) is 13.1. The van der Waals surface area contributed by atoms with Crippen molar-refractivity contribution < 1.29 is 0 Å². The number of aryl methyl sites for hydroxylation is 2. The van der Waals surface area contributed by atoms with Gasteiger partial charge in [0.15, 0.2) is 0 Å². The standard InChI is InChI=1S/C13H23BrN4/c1-3-11-13(14)12(18(4-2)16-11)9-17-7-5-6-10(15)8-17/h10H,3-9,15H2,1-2H3/t10-/m1/s1. The minimum Gasteiger partial charge on any atom is -0.327 e. The third-order valence-electron chi connectivity index (χ3n) is 3.61. The van der Waals surface area contributed by atoms with Crippen molar-refractivity contribution in [1.29, 1.82) is 0 Å². The second-order valence-electron chi connectivity index (χ2n) is 5.01. The van der Waals surface area contributed by atoms with Gasteiger partial charge in [0.1, 0.15) is 0 Å². The Hall–Kier alpha value is -0.390. The fraction of sp³-hybridized carbons (Fsp3) is 0.769. The van der Waals surface area contributed by atoms with Gasteiger partial charge in [-0.1, -0.05) is 6.92 Å². The maximum Gasteiger partial charge on any atom is 0.0767 e. The van der Waals surface area contributed by atoms with Crippen LogP contribution in [-0.2, 0) is 19.5 Å². The molecule has 1 saturated heterocycles. The number of nitrogens with two attached hydrogens (primary N) is 1. The molecule has 4 nitrogen and oxygen atoms in total. The molecule has 18 heavy (non-hydrogen) atoms. The number of aromatic nitrogens is 2. The summed E-state index contributed by atoms with van der Waals surface area (Å²) in [5, 5.41) is 4.64. The van der Waals surface area contributed by atoms with Crippen molar-refractivity contribution in [3.05, 3.63) is 15.9 Å². The summed E-state index contributed by atoms with van der Waals surface area (Å²) in [6.45, 7) is 8.32. The van der Waals surface area contributed by atoms with E-state index in [1.54, 1.807) is 0 Å². The Morgan fingerprint density at radius 3 is 2.83 bits per heavy atom. The van der Waals surface area contributed by atoms with E-state index in [4.69, 9.17) is 5.73 Å². The van der Waals surface area contributed by atoms with E-state index in [9.17, 15) is 0 Å². The number of piperidine rings is 1. The van der Waals surface area contributed by atoms with Crippen LogP contribution < -0.4 is 5.73 Å². The Morgan fingerprint density at radius 1 is 1.44 bits per heavy atom.